The predicted molar refractivity (Wildman–Crippen MR) is 108 cm³/mol. The first-order chi connectivity index (χ1) is 13.1. The van der Waals surface area contributed by atoms with Gasteiger partial charge in [-0.2, -0.15) is 0 Å². The molecule has 0 saturated carbocycles. The lowest BCUT2D eigenvalue weighted by Crippen LogP contribution is -2.30. The van der Waals surface area contributed by atoms with Crippen molar-refractivity contribution in [1.29, 1.82) is 0 Å². The number of likely N-dealkylation sites (tertiary alicyclic amines) is 1. The van der Waals surface area contributed by atoms with Gasteiger partial charge in [-0.3, -0.25) is 4.79 Å². The summed E-state index contributed by atoms with van der Waals surface area (Å²) in [6, 6.07) is 12.3. The molecule has 1 aliphatic heterocycles. The molecule has 0 N–H and O–H groups in total. The summed E-state index contributed by atoms with van der Waals surface area (Å²) in [5.41, 5.74) is 3.95. The number of carbonyl (C=O) groups excluding carboxylic acids is 1. The number of carbonyl (C=O) groups is 1. The molecule has 4 heteroatoms. The number of ether oxygens (including phenoxy) is 2. The molecule has 27 heavy (non-hydrogen) atoms. The maximum absolute atomic E-state index is 13.3. The van der Waals surface area contributed by atoms with E-state index in [1.165, 1.54) is 11.1 Å². The molecule has 2 aromatic rings. The Bertz CT molecular complexity index is 826. The topological polar surface area (TPSA) is 38.8 Å². The number of benzene rings is 2. The number of hydrogen-bond acceptors (Lipinski definition) is 3. The highest BCUT2D eigenvalue weighted by atomic mass is 16.5. The fourth-order valence-corrected chi connectivity index (χ4v) is 3.78. The third-order valence-electron chi connectivity index (χ3n) is 5.14. The van der Waals surface area contributed by atoms with E-state index < -0.39 is 0 Å². The molecule has 4 nitrogen and oxygen atoms in total. The molecule has 1 amide bonds. The van der Waals surface area contributed by atoms with Gasteiger partial charge < -0.3 is 14.4 Å². The number of hydrogen-bond donors (Lipinski definition) is 0. The third-order valence-corrected chi connectivity index (χ3v) is 5.14. The molecular weight excluding hydrogens is 338 g/mol. The summed E-state index contributed by atoms with van der Waals surface area (Å²) in [7, 11) is 3.20. The maximum atomic E-state index is 13.3. The molecule has 1 unspecified atom stereocenters. The van der Waals surface area contributed by atoms with Crippen LogP contribution in [0.25, 0.3) is 0 Å². The minimum Gasteiger partial charge on any atom is -0.493 e. The molecule has 1 saturated heterocycles. The van der Waals surface area contributed by atoms with Gasteiger partial charge in [0.1, 0.15) is 0 Å². The predicted octanol–water partition coefficient (Wildman–Crippen LogP) is 4.72. The van der Waals surface area contributed by atoms with Crippen molar-refractivity contribution in [2.45, 2.75) is 32.2 Å². The van der Waals surface area contributed by atoms with E-state index >= 15 is 0 Å². The Morgan fingerprint density at radius 3 is 2.59 bits per heavy atom. The van der Waals surface area contributed by atoms with Crippen molar-refractivity contribution < 1.29 is 14.3 Å². The summed E-state index contributed by atoms with van der Waals surface area (Å²) >= 11 is 0. The molecule has 0 aromatic heterocycles. The Morgan fingerprint density at radius 2 is 1.96 bits per heavy atom. The standard InChI is InChI=1S/C23H27NO3/c1-5-7-18-14-19(15-21(26-3)22(18)27-4)23(25)24-13-6-8-20(24)17-11-9-16(2)10-12-17/h5,9-12,14-15,20H,1,6-8,13H2,2-4H3. The van der Waals surface area contributed by atoms with Crippen molar-refractivity contribution in [3.8, 4) is 11.5 Å². The van der Waals surface area contributed by atoms with Gasteiger partial charge in [0, 0.05) is 17.7 Å². The van der Waals surface area contributed by atoms with Crippen LogP contribution in [0.4, 0.5) is 0 Å². The fraction of sp³-hybridized carbons (Fsp3) is 0.348. The largest absolute Gasteiger partial charge is 0.493 e. The SMILES string of the molecule is C=CCc1cc(C(=O)N2CCCC2c2ccc(C)cc2)cc(OC)c1OC. The maximum Gasteiger partial charge on any atom is 0.254 e. The molecule has 3 rings (SSSR count). The number of nitrogens with zero attached hydrogens (tertiary/aromatic N) is 1. The summed E-state index contributed by atoms with van der Waals surface area (Å²) in [6.45, 7) is 6.65. The first kappa shape index (κ1) is 19.0. The Balaban J connectivity index is 1.95. The normalized spacial score (nSPS) is 16.3. The number of amides is 1. The van der Waals surface area contributed by atoms with E-state index in [0.29, 0.717) is 23.5 Å². The minimum absolute atomic E-state index is 0.0318. The van der Waals surface area contributed by atoms with E-state index in [-0.39, 0.29) is 11.9 Å². The zero-order chi connectivity index (χ0) is 19.4. The van der Waals surface area contributed by atoms with Crippen LogP contribution in [-0.2, 0) is 6.42 Å². The number of rotatable bonds is 6. The lowest BCUT2D eigenvalue weighted by atomic mass is 10.0. The zero-order valence-corrected chi connectivity index (χ0v) is 16.3. The van der Waals surface area contributed by atoms with Crippen LogP contribution in [0, 0.1) is 6.92 Å². The third kappa shape index (κ3) is 3.85. The van der Waals surface area contributed by atoms with E-state index in [4.69, 9.17) is 9.47 Å². The molecule has 0 aliphatic carbocycles. The van der Waals surface area contributed by atoms with Crippen LogP contribution < -0.4 is 9.47 Å². The molecule has 1 atom stereocenters. The molecule has 0 radical (unpaired) electrons. The average Bonchev–Trinajstić information content (AvgIpc) is 3.17. The van der Waals surface area contributed by atoms with E-state index in [9.17, 15) is 4.79 Å². The summed E-state index contributed by atoms with van der Waals surface area (Å²) in [6.07, 6.45) is 4.41. The Labute approximate surface area is 161 Å². The van der Waals surface area contributed by atoms with Gasteiger partial charge in [-0.05, 0) is 43.9 Å². The smallest absolute Gasteiger partial charge is 0.254 e. The van der Waals surface area contributed by atoms with Crippen molar-refractivity contribution in [2.24, 2.45) is 0 Å². The Hall–Kier alpha value is -2.75. The van der Waals surface area contributed by atoms with Crippen LogP contribution in [0.5, 0.6) is 11.5 Å². The summed E-state index contributed by atoms with van der Waals surface area (Å²) in [5.74, 6) is 1.26. The van der Waals surface area contributed by atoms with Gasteiger partial charge in [0.05, 0.1) is 20.3 Å². The van der Waals surface area contributed by atoms with E-state index in [2.05, 4.69) is 37.8 Å². The average molecular weight is 365 g/mol. The first-order valence-electron chi connectivity index (χ1n) is 9.32. The Morgan fingerprint density at radius 1 is 1.22 bits per heavy atom. The summed E-state index contributed by atoms with van der Waals surface area (Å²) in [4.78, 5) is 15.3. The van der Waals surface area contributed by atoms with E-state index in [1.807, 2.05) is 11.0 Å². The van der Waals surface area contributed by atoms with Crippen LogP contribution in [0.3, 0.4) is 0 Å². The van der Waals surface area contributed by atoms with Crippen molar-refractivity contribution in [3.63, 3.8) is 0 Å². The quantitative estimate of drug-likeness (QED) is 0.696. The van der Waals surface area contributed by atoms with Gasteiger partial charge in [0.25, 0.3) is 5.91 Å². The zero-order valence-electron chi connectivity index (χ0n) is 16.3. The van der Waals surface area contributed by atoms with Crippen LogP contribution >= 0.6 is 0 Å². The monoisotopic (exact) mass is 365 g/mol. The molecule has 1 heterocycles. The second-order valence-electron chi connectivity index (χ2n) is 6.93. The molecule has 142 valence electrons. The fourth-order valence-electron chi connectivity index (χ4n) is 3.78. The number of methoxy groups -OCH3 is 2. The molecule has 0 bridgehead atoms. The molecule has 0 spiro atoms. The minimum atomic E-state index is 0.0318. The van der Waals surface area contributed by atoms with Crippen LogP contribution in [0.1, 0.15) is 45.9 Å². The van der Waals surface area contributed by atoms with Crippen molar-refractivity contribution in [3.05, 3.63) is 71.3 Å². The van der Waals surface area contributed by atoms with Gasteiger partial charge in [0.15, 0.2) is 11.5 Å². The highest BCUT2D eigenvalue weighted by Gasteiger charge is 2.31. The van der Waals surface area contributed by atoms with Gasteiger partial charge >= 0.3 is 0 Å². The van der Waals surface area contributed by atoms with Crippen LogP contribution in [0.15, 0.2) is 49.1 Å². The van der Waals surface area contributed by atoms with Gasteiger partial charge in [-0.15, -0.1) is 6.58 Å². The highest BCUT2D eigenvalue weighted by molar-refractivity contribution is 5.95. The number of allylic oxidation sites excluding steroid dienone is 1. The second-order valence-corrected chi connectivity index (χ2v) is 6.93. The van der Waals surface area contributed by atoms with Gasteiger partial charge in [0.2, 0.25) is 0 Å². The lowest BCUT2D eigenvalue weighted by Gasteiger charge is -2.26. The van der Waals surface area contributed by atoms with E-state index in [1.54, 1.807) is 26.4 Å². The van der Waals surface area contributed by atoms with Crippen molar-refractivity contribution in [1.82, 2.24) is 4.90 Å². The van der Waals surface area contributed by atoms with Crippen molar-refractivity contribution >= 4 is 5.91 Å². The molecular formula is C23H27NO3. The molecule has 1 aliphatic rings. The van der Waals surface area contributed by atoms with Crippen LogP contribution in [-0.4, -0.2) is 31.6 Å². The molecule has 2 aromatic carbocycles. The summed E-state index contributed by atoms with van der Waals surface area (Å²) < 4.78 is 11.0. The lowest BCUT2D eigenvalue weighted by molar-refractivity contribution is 0.0735. The van der Waals surface area contributed by atoms with Gasteiger partial charge in [-0.1, -0.05) is 35.9 Å². The van der Waals surface area contributed by atoms with Crippen molar-refractivity contribution in [2.75, 3.05) is 20.8 Å². The van der Waals surface area contributed by atoms with E-state index in [0.717, 1.165) is 24.9 Å². The van der Waals surface area contributed by atoms with Crippen LogP contribution in [0.2, 0.25) is 0 Å². The highest BCUT2D eigenvalue weighted by Crippen LogP contribution is 2.37. The molecule has 1 fully saturated rings. The number of aryl methyl sites for hydroxylation is 1. The summed E-state index contributed by atoms with van der Waals surface area (Å²) in [5, 5.41) is 0. The second kappa shape index (κ2) is 8.30. The Kier molecular flexibility index (Phi) is 5.84. The first-order valence-corrected chi connectivity index (χ1v) is 9.32. The van der Waals surface area contributed by atoms with Gasteiger partial charge in [-0.25, -0.2) is 0 Å².